The fraction of sp³-hybridized carbons (Fsp3) is 0.765. The second-order valence-corrected chi connectivity index (χ2v) is 7.87. The summed E-state index contributed by atoms with van der Waals surface area (Å²) in [6.45, 7) is 0.910. The number of rotatable bonds is 11. The molecule has 0 aromatic heterocycles. The highest BCUT2D eigenvalue weighted by molar-refractivity contribution is 7.98. The first-order valence-corrected chi connectivity index (χ1v) is 10.7. The zero-order valence-electron chi connectivity index (χ0n) is 16.5. The molecule has 5 unspecified atom stereocenters. The number of thioether (sulfide) groups is 1. The van der Waals surface area contributed by atoms with Crippen LogP contribution < -0.4 is 16.4 Å². The van der Waals surface area contributed by atoms with Gasteiger partial charge in [-0.15, -0.1) is 0 Å². The summed E-state index contributed by atoms with van der Waals surface area (Å²) in [5, 5.41) is 32.4. The molecule has 12 heteroatoms. The summed E-state index contributed by atoms with van der Waals surface area (Å²) in [5.41, 5.74) is 5.70. The van der Waals surface area contributed by atoms with E-state index in [0.717, 1.165) is 0 Å². The second-order valence-electron chi connectivity index (χ2n) is 6.88. The Morgan fingerprint density at radius 3 is 2.41 bits per heavy atom. The summed E-state index contributed by atoms with van der Waals surface area (Å²) < 4.78 is 0. The Kier molecular flexibility index (Phi) is 10.4. The quantitative estimate of drug-likeness (QED) is 0.204. The minimum atomic E-state index is -1.48. The number of hydrogen-bond acceptors (Lipinski definition) is 8. The molecule has 0 aromatic rings. The topological polar surface area (TPSA) is 182 Å². The highest BCUT2D eigenvalue weighted by atomic mass is 32.2. The Morgan fingerprint density at radius 2 is 1.90 bits per heavy atom. The lowest BCUT2D eigenvalue weighted by Crippen LogP contribution is -2.58. The predicted molar refractivity (Wildman–Crippen MR) is 106 cm³/mol. The van der Waals surface area contributed by atoms with Crippen molar-refractivity contribution in [3.8, 4) is 0 Å². The van der Waals surface area contributed by atoms with Crippen LogP contribution in [0.5, 0.6) is 0 Å². The van der Waals surface area contributed by atoms with E-state index < -0.39 is 60.6 Å². The van der Waals surface area contributed by atoms with E-state index >= 15 is 0 Å². The fourth-order valence-electron chi connectivity index (χ4n) is 2.93. The van der Waals surface area contributed by atoms with Crippen molar-refractivity contribution < 1.29 is 34.5 Å². The molecule has 11 nitrogen and oxygen atoms in total. The van der Waals surface area contributed by atoms with Crippen LogP contribution in [0.25, 0.3) is 0 Å². The molecular weight excluding hydrogens is 404 g/mol. The summed E-state index contributed by atoms with van der Waals surface area (Å²) in [7, 11) is 0. The van der Waals surface area contributed by atoms with Crippen molar-refractivity contribution in [3.63, 3.8) is 0 Å². The lowest BCUT2D eigenvalue weighted by atomic mass is 10.1. The van der Waals surface area contributed by atoms with E-state index in [0.29, 0.717) is 25.1 Å². The molecule has 5 atom stereocenters. The molecule has 3 amide bonds. The van der Waals surface area contributed by atoms with Crippen molar-refractivity contribution in [2.75, 3.05) is 25.2 Å². The molecule has 0 saturated carbocycles. The average Bonchev–Trinajstić information content (AvgIpc) is 3.17. The van der Waals surface area contributed by atoms with Crippen LogP contribution in [0.1, 0.15) is 26.2 Å². The van der Waals surface area contributed by atoms with Crippen LogP contribution in [0.2, 0.25) is 0 Å². The van der Waals surface area contributed by atoms with Gasteiger partial charge in [0.1, 0.15) is 24.2 Å². The Balaban J connectivity index is 2.86. The van der Waals surface area contributed by atoms with Crippen LogP contribution in [0, 0.1) is 0 Å². The van der Waals surface area contributed by atoms with Gasteiger partial charge in [-0.25, -0.2) is 4.79 Å². The Bertz CT molecular complexity index is 604. The number of aliphatic hydroxyl groups is 2. The van der Waals surface area contributed by atoms with Gasteiger partial charge >= 0.3 is 5.97 Å². The SMILES string of the molecule is CSCCC(NC(=O)C1CCCN1C(=O)C(N)C(C)O)C(=O)NC(CO)C(=O)O. The zero-order chi connectivity index (χ0) is 22.1. The second kappa shape index (κ2) is 12.0. The van der Waals surface area contributed by atoms with Crippen molar-refractivity contribution in [3.05, 3.63) is 0 Å². The molecule has 0 bridgehead atoms. The van der Waals surface area contributed by atoms with Crippen LogP contribution in [0.3, 0.4) is 0 Å². The van der Waals surface area contributed by atoms with Gasteiger partial charge < -0.3 is 36.6 Å². The van der Waals surface area contributed by atoms with Crippen LogP contribution >= 0.6 is 11.8 Å². The van der Waals surface area contributed by atoms with Crippen molar-refractivity contribution in [2.24, 2.45) is 5.73 Å². The molecule has 0 radical (unpaired) electrons. The maximum Gasteiger partial charge on any atom is 0.328 e. The molecule has 1 aliphatic rings. The summed E-state index contributed by atoms with van der Waals surface area (Å²) in [4.78, 5) is 50.0. The lowest BCUT2D eigenvalue weighted by Gasteiger charge is -2.29. The standard InChI is InChI=1S/C17H30N4O7S/c1-9(23)13(18)16(26)21-6-3-4-12(21)15(25)19-10(5-7-29-2)14(24)20-11(8-22)17(27)28/h9-13,22-23H,3-8,18H2,1-2H3,(H,19,25)(H,20,24)(H,27,28). The maximum atomic E-state index is 12.8. The number of amides is 3. The zero-order valence-corrected chi connectivity index (χ0v) is 17.4. The van der Waals surface area contributed by atoms with E-state index in [4.69, 9.17) is 15.9 Å². The Labute approximate surface area is 173 Å². The molecule has 1 heterocycles. The fourth-order valence-corrected chi connectivity index (χ4v) is 3.40. The number of carbonyl (C=O) groups is 4. The number of hydrogen-bond donors (Lipinski definition) is 6. The van der Waals surface area contributed by atoms with E-state index in [2.05, 4.69) is 10.6 Å². The van der Waals surface area contributed by atoms with Crippen molar-refractivity contribution in [2.45, 2.75) is 56.5 Å². The third kappa shape index (κ3) is 7.14. The van der Waals surface area contributed by atoms with Gasteiger partial charge in [-0.3, -0.25) is 14.4 Å². The van der Waals surface area contributed by atoms with E-state index in [1.165, 1.54) is 23.6 Å². The summed E-state index contributed by atoms with van der Waals surface area (Å²) in [6.07, 6.45) is 1.95. The number of carboxylic acids is 1. The van der Waals surface area contributed by atoms with Crippen molar-refractivity contribution in [1.29, 1.82) is 0 Å². The van der Waals surface area contributed by atoms with E-state index in [1.54, 1.807) is 0 Å². The number of nitrogens with two attached hydrogens (primary N) is 1. The minimum absolute atomic E-state index is 0.240. The third-order valence-electron chi connectivity index (χ3n) is 4.68. The lowest BCUT2D eigenvalue weighted by molar-refractivity contribution is -0.144. The van der Waals surface area contributed by atoms with Gasteiger partial charge in [-0.1, -0.05) is 0 Å². The molecule has 0 aliphatic carbocycles. The summed E-state index contributed by atoms with van der Waals surface area (Å²) >= 11 is 1.44. The maximum absolute atomic E-state index is 12.8. The normalized spacial score (nSPS) is 20.4. The number of aliphatic carboxylic acids is 1. The molecular formula is C17H30N4O7S. The summed E-state index contributed by atoms with van der Waals surface area (Å²) in [5.74, 6) is -2.70. The minimum Gasteiger partial charge on any atom is -0.480 e. The molecule has 0 aromatic carbocycles. The molecule has 7 N–H and O–H groups in total. The Hall–Kier alpha value is -1.89. The highest BCUT2D eigenvalue weighted by Gasteiger charge is 2.38. The molecule has 1 saturated heterocycles. The third-order valence-corrected chi connectivity index (χ3v) is 5.33. The van der Waals surface area contributed by atoms with Crippen LogP contribution in [0.4, 0.5) is 0 Å². The molecule has 166 valence electrons. The number of aliphatic hydroxyl groups excluding tert-OH is 2. The summed E-state index contributed by atoms with van der Waals surface area (Å²) in [6, 6.07) is -4.49. The van der Waals surface area contributed by atoms with Crippen LogP contribution in [-0.4, -0.2) is 99.3 Å². The molecule has 0 spiro atoms. The number of carbonyl (C=O) groups excluding carboxylic acids is 3. The van der Waals surface area contributed by atoms with Gasteiger partial charge in [0.2, 0.25) is 17.7 Å². The smallest absolute Gasteiger partial charge is 0.328 e. The first-order chi connectivity index (χ1) is 13.6. The molecule has 29 heavy (non-hydrogen) atoms. The monoisotopic (exact) mass is 434 g/mol. The Morgan fingerprint density at radius 1 is 1.24 bits per heavy atom. The largest absolute Gasteiger partial charge is 0.480 e. The van der Waals surface area contributed by atoms with E-state index in [1.807, 2.05) is 6.26 Å². The van der Waals surface area contributed by atoms with Gasteiger partial charge in [0.25, 0.3) is 0 Å². The van der Waals surface area contributed by atoms with E-state index in [9.17, 15) is 24.3 Å². The number of likely N-dealkylation sites (tertiary alicyclic amines) is 1. The first kappa shape index (κ1) is 25.1. The van der Waals surface area contributed by atoms with Gasteiger partial charge in [-0.2, -0.15) is 11.8 Å². The van der Waals surface area contributed by atoms with Crippen LogP contribution in [0.15, 0.2) is 0 Å². The number of nitrogens with one attached hydrogen (secondary N) is 2. The van der Waals surface area contributed by atoms with Gasteiger partial charge in [-0.05, 0) is 38.2 Å². The molecule has 1 rings (SSSR count). The predicted octanol–water partition coefficient (Wildman–Crippen LogP) is -2.51. The van der Waals surface area contributed by atoms with Gasteiger partial charge in [0.05, 0.1) is 12.7 Å². The molecule has 1 aliphatic heterocycles. The van der Waals surface area contributed by atoms with Gasteiger partial charge in [0.15, 0.2) is 0 Å². The van der Waals surface area contributed by atoms with Crippen LogP contribution in [-0.2, 0) is 19.2 Å². The average molecular weight is 435 g/mol. The number of nitrogens with zero attached hydrogens (tertiary/aromatic N) is 1. The van der Waals surface area contributed by atoms with Crippen molar-refractivity contribution in [1.82, 2.24) is 15.5 Å². The van der Waals surface area contributed by atoms with Crippen molar-refractivity contribution >= 4 is 35.5 Å². The van der Waals surface area contributed by atoms with E-state index in [-0.39, 0.29) is 6.42 Å². The highest BCUT2D eigenvalue weighted by Crippen LogP contribution is 2.19. The molecule has 1 fully saturated rings. The first-order valence-electron chi connectivity index (χ1n) is 9.31. The van der Waals surface area contributed by atoms with Gasteiger partial charge in [0, 0.05) is 6.54 Å². The number of carboxylic acid groups (broad SMARTS) is 1.